The number of nitrogens with zero attached hydrogens (tertiary/aromatic N) is 1. The van der Waals surface area contributed by atoms with Crippen molar-refractivity contribution in [2.75, 3.05) is 17.1 Å². The molecule has 0 heterocycles. The Morgan fingerprint density at radius 2 is 1.90 bits per heavy atom. The smallest absolute Gasteiger partial charge is 0.240 e. The van der Waals surface area contributed by atoms with Crippen molar-refractivity contribution in [3.63, 3.8) is 0 Å². The van der Waals surface area contributed by atoms with Crippen LogP contribution in [0.5, 0.6) is 0 Å². The van der Waals surface area contributed by atoms with Crippen LogP contribution in [0.15, 0.2) is 24.3 Å². The molecule has 1 N–H and O–H groups in total. The number of anilines is 1. The normalized spacial score (nSPS) is 12.8. The van der Waals surface area contributed by atoms with Crippen molar-refractivity contribution >= 4 is 21.6 Å². The van der Waals surface area contributed by atoms with Crippen molar-refractivity contribution in [3.8, 4) is 0 Å². The molecule has 1 aromatic carbocycles. The van der Waals surface area contributed by atoms with Gasteiger partial charge in [-0.1, -0.05) is 32.0 Å². The fourth-order valence-corrected chi connectivity index (χ4v) is 2.87. The Labute approximate surface area is 127 Å². The number of para-hydroxylation sites is 1. The Balaban J connectivity index is 3.06. The lowest BCUT2D eigenvalue weighted by Gasteiger charge is -2.25. The van der Waals surface area contributed by atoms with Gasteiger partial charge in [0.05, 0.1) is 11.9 Å². The fourth-order valence-electron chi connectivity index (χ4n) is 1.99. The van der Waals surface area contributed by atoms with Crippen LogP contribution in [0.3, 0.4) is 0 Å². The van der Waals surface area contributed by atoms with Gasteiger partial charge >= 0.3 is 0 Å². The molecule has 1 aromatic rings. The van der Waals surface area contributed by atoms with E-state index in [2.05, 4.69) is 5.32 Å². The topological polar surface area (TPSA) is 66.5 Å². The molecule has 118 valence electrons. The predicted molar refractivity (Wildman–Crippen MR) is 85.9 cm³/mol. The highest BCUT2D eigenvalue weighted by molar-refractivity contribution is 7.92. The lowest BCUT2D eigenvalue weighted by molar-refractivity contribution is -0.120. The average molecular weight is 312 g/mol. The first-order chi connectivity index (χ1) is 9.79. The number of rotatable bonds is 7. The zero-order chi connectivity index (χ0) is 16.0. The SMILES string of the molecule is CCc1ccccc1N(CC(=O)NC(C)CC)S(C)(=O)=O. The molecule has 0 aromatic heterocycles. The van der Waals surface area contributed by atoms with Crippen LogP contribution in [-0.2, 0) is 21.2 Å². The molecule has 0 spiro atoms. The van der Waals surface area contributed by atoms with Crippen LogP contribution in [0.2, 0.25) is 0 Å². The van der Waals surface area contributed by atoms with Crippen molar-refractivity contribution in [3.05, 3.63) is 29.8 Å². The summed E-state index contributed by atoms with van der Waals surface area (Å²) in [6.45, 7) is 5.62. The van der Waals surface area contributed by atoms with E-state index in [9.17, 15) is 13.2 Å². The molecule has 0 radical (unpaired) electrons. The molecule has 0 aliphatic carbocycles. The molecule has 0 aliphatic rings. The van der Waals surface area contributed by atoms with Gasteiger partial charge in [-0.25, -0.2) is 8.42 Å². The van der Waals surface area contributed by atoms with Crippen LogP contribution in [-0.4, -0.2) is 33.2 Å². The highest BCUT2D eigenvalue weighted by atomic mass is 32.2. The first-order valence-corrected chi connectivity index (χ1v) is 8.99. The van der Waals surface area contributed by atoms with Crippen LogP contribution in [0.1, 0.15) is 32.8 Å². The van der Waals surface area contributed by atoms with Crippen molar-refractivity contribution in [2.24, 2.45) is 0 Å². The number of hydrogen-bond donors (Lipinski definition) is 1. The quantitative estimate of drug-likeness (QED) is 0.836. The van der Waals surface area contributed by atoms with E-state index in [-0.39, 0.29) is 18.5 Å². The van der Waals surface area contributed by atoms with Crippen LogP contribution in [0, 0.1) is 0 Å². The maximum absolute atomic E-state index is 12.0. The van der Waals surface area contributed by atoms with Crippen molar-refractivity contribution in [1.29, 1.82) is 0 Å². The highest BCUT2D eigenvalue weighted by Crippen LogP contribution is 2.23. The fraction of sp³-hybridized carbons (Fsp3) is 0.533. The molecule has 0 fully saturated rings. The highest BCUT2D eigenvalue weighted by Gasteiger charge is 2.23. The van der Waals surface area contributed by atoms with E-state index in [1.54, 1.807) is 12.1 Å². The minimum Gasteiger partial charge on any atom is -0.352 e. The number of carbonyl (C=O) groups is 1. The largest absolute Gasteiger partial charge is 0.352 e. The number of nitrogens with one attached hydrogen (secondary N) is 1. The number of carbonyl (C=O) groups excluding carboxylic acids is 1. The minimum atomic E-state index is -3.52. The number of sulfonamides is 1. The van der Waals surface area contributed by atoms with Gasteiger partial charge in [0.15, 0.2) is 0 Å². The van der Waals surface area contributed by atoms with Gasteiger partial charge in [0.1, 0.15) is 6.54 Å². The van der Waals surface area contributed by atoms with E-state index >= 15 is 0 Å². The van der Waals surface area contributed by atoms with E-state index < -0.39 is 10.0 Å². The van der Waals surface area contributed by atoms with Gasteiger partial charge in [-0.3, -0.25) is 9.10 Å². The Hall–Kier alpha value is -1.56. The second kappa shape index (κ2) is 7.45. The zero-order valence-electron chi connectivity index (χ0n) is 13.1. The summed E-state index contributed by atoms with van der Waals surface area (Å²) in [5.41, 5.74) is 1.47. The Morgan fingerprint density at radius 3 is 2.43 bits per heavy atom. The summed E-state index contributed by atoms with van der Waals surface area (Å²) in [5, 5.41) is 2.79. The van der Waals surface area contributed by atoms with Gasteiger partial charge in [0.2, 0.25) is 15.9 Å². The number of amides is 1. The molecule has 6 heteroatoms. The van der Waals surface area contributed by atoms with Gasteiger partial charge in [0, 0.05) is 6.04 Å². The Kier molecular flexibility index (Phi) is 6.20. The predicted octanol–water partition coefficient (Wildman–Crippen LogP) is 1.93. The standard InChI is InChI=1S/C15H24N2O3S/c1-5-12(3)16-15(18)11-17(21(4,19)20)14-10-8-7-9-13(14)6-2/h7-10,12H,5-6,11H2,1-4H3,(H,16,18). The summed E-state index contributed by atoms with van der Waals surface area (Å²) in [4.78, 5) is 12.0. The number of hydrogen-bond acceptors (Lipinski definition) is 3. The summed E-state index contributed by atoms with van der Waals surface area (Å²) in [6, 6.07) is 7.28. The summed E-state index contributed by atoms with van der Waals surface area (Å²) in [6.07, 6.45) is 2.63. The summed E-state index contributed by atoms with van der Waals surface area (Å²) in [7, 11) is -3.52. The van der Waals surface area contributed by atoms with Crippen LogP contribution in [0.25, 0.3) is 0 Å². The molecule has 1 rings (SSSR count). The van der Waals surface area contributed by atoms with Crippen LogP contribution in [0.4, 0.5) is 5.69 Å². The van der Waals surface area contributed by atoms with Crippen molar-refractivity contribution in [2.45, 2.75) is 39.7 Å². The lowest BCUT2D eigenvalue weighted by atomic mass is 10.1. The minimum absolute atomic E-state index is 0.0281. The van der Waals surface area contributed by atoms with Crippen molar-refractivity contribution in [1.82, 2.24) is 5.32 Å². The summed E-state index contributed by atoms with van der Waals surface area (Å²) in [5.74, 6) is -0.291. The van der Waals surface area contributed by atoms with Gasteiger partial charge in [-0.2, -0.15) is 0 Å². The lowest BCUT2D eigenvalue weighted by Crippen LogP contribution is -2.43. The second-order valence-corrected chi connectivity index (χ2v) is 7.04. The van der Waals surface area contributed by atoms with Gasteiger partial charge in [-0.15, -0.1) is 0 Å². The third kappa shape index (κ3) is 5.04. The van der Waals surface area contributed by atoms with Crippen molar-refractivity contribution < 1.29 is 13.2 Å². The third-order valence-electron chi connectivity index (χ3n) is 3.35. The molecule has 1 amide bonds. The molecular formula is C15H24N2O3S. The van der Waals surface area contributed by atoms with E-state index in [4.69, 9.17) is 0 Å². The van der Waals surface area contributed by atoms with Gasteiger partial charge < -0.3 is 5.32 Å². The Bertz CT molecular complexity index is 584. The van der Waals surface area contributed by atoms with Gasteiger partial charge in [-0.05, 0) is 31.4 Å². The summed E-state index contributed by atoms with van der Waals surface area (Å²) < 4.78 is 25.2. The molecule has 0 aliphatic heterocycles. The monoisotopic (exact) mass is 312 g/mol. The molecule has 0 bridgehead atoms. The van der Waals surface area contributed by atoms with E-state index in [0.717, 1.165) is 18.2 Å². The second-order valence-electron chi connectivity index (χ2n) is 5.13. The maximum Gasteiger partial charge on any atom is 0.240 e. The van der Waals surface area contributed by atoms with Crippen LogP contribution >= 0.6 is 0 Å². The molecule has 0 saturated carbocycles. The zero-order valence-corrected chi connectivity index (χ0v) is 13.9. The molecule has 1 unspecified atom stereocenters. The average Bonchev–Trinajstić information content (AvgIpc) is 2.43. The number of aryl methyl sites for hydroxylation is 1. The first-order valence-electron chi connectivity index (χ1n) is 7.14. The number of benzene rings is 1. The Morgan fingerprint density at radius 1 is 1.29 bits per heavy atom. The summed E-state index contributed by atoms with van der Waals surface area (Å²) >= 11 is 0. The van der Waals surface area contributed by atoms with E-state index in [1.807, 2.05) is 32.9 Å². The maximum atomic E-state index is 12.0. The first kappa shape index (κ1) is 17.5. The third-order valence-corrected chi connectivity index (χ3v) is 4.47. The van der Waals surface area contributed by atoms with E-state index in [1.165, 1.54) is 4.31 Å². The van der Waals surface area contributed by atoms with E-state index in [0.29, 0.717) is 12.1 Å². The molecule has 21 heavy (non-hydrogen) atoms. The van der Waals surface area contributed by atoms with Crippen LogP contribution < -0.4 is 9.62 Å². The van der Waals surface area contributed by atoms with Gasteiger partial charge in [0.25, 0.3) is 0 Å². The molecule has 1 atom stereocenters. The molecular weight excluding hydrogens is 288 g/mol. The molecule has 0 saturated heterocycles. The molecule has 5 nitrogen and oxygen atoms in total.